The van der Waals surface area contributed by atoms with E-state index in [1.54, 1.807) is 66.5 Å². The summed E-state index contributed by atoms with van der Waals surface area (Å²) in [6.07, 6.45) is 6.31. The Bertz CT molecular complexity index is 1240. The first kappa shape index (κ1) is 35.9. The summed E-state index contributed by atoms with van der Waals surface area (Å²) in [6, 6.07) is 7.79. The Morgan fingerprint density at radius 1 is 1.13 bits per heavy atom. The van der Waals surface area contributed by atoms with Gasteiger partial charge in [-0.2, -0.15) is 0 Å². The van der Waals surface area contributed by atoms with Crippen LogP contribution in [-0.4, -0.2) is 115 Å². The number of aliphatic hydroxyl groups is 1. The molecule has 2 N–H and O–H groups in total. The summed E-state index contributed by atoms with van der Waals surface area (Å²) in [4.78, 5) is 49.5. The summed E-state index contributed by atoms with van der Waals surface area (Å²) in [6.45, 7) is 7.60. The largest absolute Gasteiger partial charge is 0.490 e. The average Bonchev–Trinajstić information content (AvgIpc) is 3.02. The Morgan fingerprint density at radius 2 is 1.87 bits per heavy atom. The van der Waals surface area contributed by atoms with Gasteiger partial charge in [-0.05, 0) is 90.5 Å². The number of aliphatic hydroxyl groups excluding tert-OH is 1. The molecule has 0 bridgehead atoms. The third-order valence-corrected chi connectivity index (χ3v) is 8.13. The molecule has 0 aliphatic carbocycles. The van der Waals surface area contributed by atoms with Crippen LogP contribution in [0.15, 0.2) is 42.7 Å². The Hall–Kier alpha value is -3.54. The van der Waals surface area contributed by atoms with Crippen molar-refractivity contribution in [3.63, 3.8) is 0 Å². The molecule has 0 saturated carbocycles. The van der Waals surface area contributed by atoms with Crippen molar-refractivity contribution in [3.05, 3.63) is 53.9 Å². The number of fused-ring (bicyclic) bond motifs is 1. The van der Waals surface area contributed by atoms with E-state index in [-0.39, 0.29) is 49.0 Å². The highest BCUT2D eigenvalue weighted by Gasteiger charge is 2.31. The van der Waals surface area contributed by atoms with Gasteiger partial charge < -0.3 is 34.6 Å². The van der Waals surface area contributed by atoms with E-state index in [1.165, 1.54) is 0 Å². The van der Waals surface area contributed by atoms with Crippen molar-refractivity contribution >= 4 is 23.4 Å². The number of nitrogens with one attached hydrogen (secondary N) is 1. The molecule has 1 aliphatic rings. The monoisotopic (exact) mass is 625 g/mol. The molecule has 3 rings (SSSR count). The number of carbonyl (C=O) groups is 3. The van der Waals surface area contributed by atoms with Gasteiger partial charge >= 0.3 is 0 Å². The maximum absolute atomic E-state index is 14.3. The van der Waals surface area contributed by atoms with Gasteiger partial charge in [-0.3, -0.25) is 19.4 Å². The number of nitrogens with zero attached hydrogens (tertiary/aromatic N) is 4. The minimum absolute atomic E-state index is 0.0601. The number of hydrogen-bond acceptors (Lipinski definition) is 8. The summed E-state index contributed by atoms with van der Waals surface area (Å²) < 4.78 is 12.6. The summed E-state index contributed by atoms with van der Waals surface area (Å²) in [5.74, 6) is -0.319. The SMILES string of the molecule is C[C@@H]1CCCCO[C@H](CN(C)C(=O)CCCN(C)C)[C@@H](C)CN([C@@H](C)CO)C(=O)c2cc(NC(=O)c3ccncc3)ccc2O1. The van der Waals surface area contributed by atoms with E-state index in [1.807, 2.05) is 27.9 Å². The molecular formula is C34H51N5O6. The van der Waals surface area contributed by atoms with Crippen LogP contribution in [0.2, 0.25) is 0 Å². The number of carbonyl (C=O) groups excluding carboxylic acids is 3. The summed E-state index contributed by atoms with van der Waals surface area (Å²) in [5.41, 5.74) is 1.18. The van der Waals surface area contributed by atoms with Crippen LogP contribution in [-0.2, 0) is 9.53 Å². The van der Waals surface area contributed by atoms with Gasteiger partial charge in [0, 0.05) is 62.7 Å². The quantitative estimate of drug-likeness (QED) is 0.407. The van der Waals surface area contributed by atoms with Crippen LogP contribution in [0.25, 0.3) is 0 Å². The molecule has 1 aromatic carbocycles. The Kier molecular flexibility index (Phi) is 14.2. The first-order valence-corrected chi connectivity index (χ1v) is 15.9. The van der Waals surface area contributed by atoms with E-state index >= 15 is 0 Å². The second kappa shape index (κ2) is 17.8. The van der Waals surface area contributed by atoms with Crippen LogP contribution in [0.3, 0.4) is 0 Å². The third kappa shape index (κ3) is 11.1. The Labute approximate surface area is 267 Å². The smallest absolute Gasteiger partial charge is 0.258 e. The molecule has 1 aromatic heterocycles. The van der Waals surface area contributed by atoms with Crippen molar-refractivity contribution in [2.24, 2.45) is 5.92 Å². The lowest BCUT2D eigenvalue weighted by Crippen LogP contribution is -2.48. The predicted molar refractivity (Wildman–Crippen MR) is 174 cm³/mol. The maximum Gasteiger partial charge on any atom is 0.258 e. The van der Waals surface area contributed by atoms with E-state index in [9.17, 15) is 19.5 Å². The van der Waals surface area contributed by atoms with Gasteiger partial charge in [0.1, 0.15) is 5.75 Å². The summed E-state index contributed by atoms with van der Waals surface area (Å²) in [5, 5.41) is 13.1. The van der Waals surface area contributed by atoms with Crippen LogP contribution in [0.1, 0.15) is 73.6 Å². The predicted octanol–water partition coefficient (Wildman–Crippen LogP) is 3.93. The molecule has 248 valence electrons. The standard InChI is InChI=1S/C34H51N5O6/c1-24-21-39(25(2)23-40)34(43)29-20-28(36-33(42)27-14-16-35-17-15-27)12-13-30(29)45-26(3)10-7-8-19-44-31(24)22-38(6)32(41)11-9-18-37(4)5/h12-17,20,24-26,31,40H,7-11,18-19,21-23H2,1-6H3,(H,36,42)/t24-,25-,26+,31+/m0/s1. The fraction of sp³-hybridized carbons (Fsp3) is 0.588. The topological polar surface area (TPSA) is 125 Å². The molecule has 0 fully saturated rings. The zero-order valence-corrected chi connectivity index (χ0v) is 27.7. The van der Waals surface area contributed by atoms with Crippen molar-refractivity contribution in [1.29, 1.82) is 0 Å². The molecule has 2 aromatic rings. The molecule has 4 atom stereocenters. The van der Waals surface area contributed by atoms with E-state index < -0.39 is 6.04 Å². The van der Waals surface area contributed by atoms with Crippen LogP contribution >= 0.6 is 0 Å². The van der Waals surface area contributed by atoms with Crippen LogP contribution < -0.4 is 10.1 Å². The van der Waals surface area contributed by atoms with Gasteiger partial charge in [-0.25, -0.2) is 0 Å². The molecule has 11 heteroatoms. The lowest BCUT2D eigenvalue weighted by Gasteiger charge is -2.36. The van der Waals surface area contributed by atoms with Crippen molar-refractivity contribution < 1.29 is 29.0 Å². The number of aromatic nitrogens is 1. The lowest BCUT2D eigenvalue weighted by molar-refractivity contribution is -0.132. The zero-order chi connectivity index (χ0) is 32.9. The molecule has 3 amide bonds. The number of hydrogen-bond donors (Lipinski definition) is 2. The fourth-order valence-electron chi connectivity index (χ4n) is 5.28. The highest BCUT2D eigenvalue weighted by atomic mass is 16.5. The summed E-state index contributed by atoms with van der Waals surface area (Å²) >= 11 is 0. The Morgan fingerprint density at radius 3 is 2.56 bits per heavy atom. The highest BCUT2D eigenvalue weighted by molar-refractivity contribution is 6.05. The van der Waals surface area contributed by atoms with Crippen LogP contribution in [0, 0.1) is 5.92 Å². The van der Waals surface area contributed by atoms with Crippen molar-refractivity contribution in [1.82, 2.24) is 19.7 Å². The average molecular weight is 626 g/mol. The number of benzene rings is 1. The van der Waals surface area contributed by atoms with Gasteiger partial charge in [-0.15, -0.1) is 0 Å². The maximum atomic E-state index is 14.3. The van der Waals surface area contributed by atoms with Crippen molar-refractivity contribution in [2.45, 2.75) is 71.1 Å². The minimum atomic E-state index is -0.501. The molecule has 1 aliphatic heterocycles. The lowest BCUT2D eigenvalue weighted by atomic mass is 10.0. The van der Waals surface area contributed by atoms with Crippen molar-refractivity contribution in [2.75, 3.05) is 59.3 Å². The highest BCUT2D eigenvalue weighted by Crippen LogP contribution is 2.29. The molecule has 11 nitrogen and oxygen atoms in total. The first-order valence-electron chi connectivity index (χ1n) is 15.9. The van der Waals surface area contributed by atoms with E-state index in [0.717, 1.165) is 32.2 Å². The molecule has 0 unspecified atom stereocenters. The number of pyridine rings is 1. The summed E-state index contributed by atoms with van der Waals surface area (Å²) in [7, 11) is 5.78. The molecule has 2 heterocycles. The third-order valence-electron chi connectivity index (χ3n) is 8.13. The molecular weight excluding hydrogens is 574 g/mol. The molecule has 0 saturated heterocycles. The van der Waals surface area contributed by atoms with Crippen molar-refractivity contribution in [3.8, 4) is 5.75 Å². The number of amides is 3. The zero-order valence-electron chi connectivity index (χ0n) is 27.7. The van der Waals surface area contributed by atoms with E-state index in [0.29, 0.717) is 42.1 Å². The normalized spacial score (nSPS) is 20.5. The van der Waals surface area contributed by atoms with Gasteiger partial charge in [0.2, 0.25) is 5.91 Å². The number of anilines is 1. The minimum Gasteiger partial charge on any atom is -0.490 e. The fourth-order valence-corrected chi connectivity index (χ4v) is 5.28. The van der Waals surface area contributed by atoms with Crippen LogP contribution in [0.4, 0.5) is 5.69 Å². The molecule has 45 heavy (non-hydrogen) atoms. The number of likely N-dealkylation sites (N-methyl/N-ethyl adjacent to an activating group) is 1. The van der Waals surface area contributed by atoms with Gasteiger partial charge in [0.15, 0.2) is 0 Å². The Balaban J connectivity index is 1.89. The second-order valence-corrected chi connectivity index (χ2v) is 12.4. The number of ether oxygens (including phenoxy) is 2. The first-order chi connectivity index (χ1) is 21.5. The second-order valence-electron chi connectivity index (χ2n) is 12.4. The number of rotatable bonds is 10. The van der Waals surface area contributed by atoms with E-state index in [2.05, 4.69) is 15.2 Å². The van der Waals surface area contributed by atoms with Crippen LogP contribution in [0.5, 0.6) is 5.75 Å². The van der Waals surface area contributed by atoms with Gasteiger partial charge in [0.05, 0.1) is 30.4 Å². The van der Waals surface area contributed by atoms with Gasteiger partial charge in [0.25, 0.3) is 11.8 Å². The van der Waals surface area contributed by atoms with E-state index in [4.69, 9.17) is 9.47 Å². The van der Waals surface area contributed by atoms with Gasteiger partial charge in [-0.1, -0.05) is 6.92 Å². The molecule has 0 spiro atoms. The molecule has 0 radical (unpaired) electrons.